The smallest absolute Gasteiger partial charge is 0.190 e. The molecule has 13 heavy (non-hydrogen) atoms. The van der Waals surface area contributed by atoms with E-state index in [4.69, 9.17) is 0 Å². The molecular formula is C11H14O2. The normalized spacial score (nSPS) is 42.8. The number of hydrogen-bond donors (Lipinski definition) is 1. The van der Waals surface area contributed by atoms with Crippen molar-refractivity contribution in [2.75, 3.05) is 0 Å². The molecule has 0 aromatic carbocycles. The van der Waals surface area contributed by atoms with Gasteiger partial charge in [0.2, 0.25) is 0 Å². The average Bonchev–Trinajstić information content (AvgIpc) is 2.71. The summed E-state index contributed by atoms with van der Waals surface area (Å²) < 4.78 is 0. The quantitative estimate of drug-likeness (QED) is 0.611. The molecule has 1 fully saturated rings. The van der Waals surface area contributed by atoms with E-state index in [1.165, 1.54) is 5.57 Å². The Morgan fingerprint density at radius 2 is 2.15 bits per heavy atom. The zero-order chi connectivity index (χ0) is 9.05. The predicted molar refractivity (Wildman–Crippen MR) is 48.2 cm³/mol. The SMILES string of the molecule is O=C1C2=C(CCC2)[C@@H]2CCC[C@]12O. The lowest BCUT2D eigenvalue weighted by Crippen LogP contribution is -2.38. The summed E-state index contributed by atoms with van der Waals surface area (Å²) in [5.41, 5.74) is 1.35. The van der Waals surface area contributed by atoms with Crippen LogP contribution in [0, 0.1) is 5.92 Å². The summed E-state index contributed by atoms with van der Waals surface area (Å²) in [6.07, 6.45) is 5.86. The van der Waals surface area contributed by atoms with Crippen LogP contribution in [0.4, 0.5) is 0 Å². The molecule has 0 saturated heterocycles. The Morgan fingerprint density at radius 3 is 3.00 bits per heavy atom. The molecule has 3 rings (SSSR count). The first-order valence-electron chi connectivity index (χ1n) is 5.22. The lowest BCUT2D eigenvalue weighted by atomic mass is 9.87. The van der Waals surface area contributed by atoms with Crippen molar-refractivity contribution in [2.45, 2.75) is 44.1 Å². The van der Waals surface area contributed by atoms with Crippen LogP contribution in [0.3, 0.4) is 0 Å². The molecular weight excluding hydrogens is 164 g/mol. The van der Waals surface area contributed by atoms with Gasteiger partial charge in [0.15, 0.2) is 5.78 Å². The number of rotatable bonds is 0. The van der Waals surface area contributed by atoms with Gasteiger partial charge in [-0.3, -0.25) is 4.79 Å². The van der Waals surface area contributed by atoms with Gasteiger partial charge in [-0.1, -0.05) is 5.57 Å². The maximum atomic E-state index is 11.9. The van der Waals surface area contributed by atoms with Gasteiger partial charge in [-0.15, -0.1) is 0 Å². The van der Waals surface area contributed by atoms with Gasteiger partial charge in [0.25, 0.3) is 0 Å². The van der Waals surface area contributed by atoms with E-state index in [0.717, 1.165) is 37.7 Å². The molecule has 0 aromatic rings. The van der Waals surface area contributed by atoms with Crippen molar-refractivity contribution in [3.8, 4) is 0 Å². The number of carbonyl (C=O) groups excluding carboxylic acids is 1. The summed E-state index contributed by atoms with van der Waals surface area (Å²) in [5.74, 6) is 0.278. The molecule has 0 bridgehead atoms. The molecule has 0 amide bonds. The summed E-state index contributed by atoms with van der Waals surface area (Å²) >= 11 is 0. The minimum absolute atomic E-state index is 0.0718. The highest BCUT2D eigenvalue weighted by molar-refractivity contribution is 6.06. The number of carbonyl (C=O) groups is 1. The summed E-state index contributed by atoms with van der Waals surface area (Å²) in [6.45, 7) is 0. The number of aliphatic hydroxyl groups is 1. The number of ketones is 1. The van der Waals surface area contributed by atoms with E-state index in [9.17, 15) is 9.90 Å². The lowest BCUT2D eigenvalue weighted by Gasteiger charge is -2.23. The van der Waals surface area contributed by atoms with Crippen molar-refractivity contribution in [3.05, 3.63) is 11.1 Å². The Kier molecular flexibility index (Phi) is 1.33. The van der Waals surface area contributed by atoms with Crippen LogP contribution in [-0.4, -0.2) is 16.5 Å². The molecule has 0 heterocycles. The fourth-order valence-electron chi connectivity index (χ4n) is 3.40. The van der Waals surface area contributed by atoms with Crippen LogP contribution >= 0.6 is 0 Å². The molecule has 0 aliphatic heterocycles. The van der Waals surface area contributed by atoms with Crippen LogP contribution in [0.1, 0.15) is 38.5 Å². The topological polar surface area (TPSA) is 37.3 Å². The van der Waals surface area contributed by atoms with E-state index in [0.29, 0.717) is 6.42 Å². The highest BCUT2D eigenvalue weighted by atomic mass is 16.3. The van der Waals surface area contributed by atoms with E-state index in [-0.39, 0.29) is 11.7 Å². The average molecular weight is 178 g/mol. The van der Waals surface area contributed by atoms with Crippen LogP contribution in [0.5, 0.6) is 0 Å². The van der Waals surface area contributed by atoms with Crippen molar-refractivity contribution in [3.63, 3.8) is 0 Å². The molecule has 70 valence electrons. The van der Waals surface area contributed by atoms with Crippen LogP contribution in [0.15, 0.2) is 11.1 Å². The Hall–Kier alpha value is -0.630. The molecule has 0 spiro atoms. The van der Waals surface area contributed by atoms with E-state index < -0.39 is 5.60 Å². The van der Waals surface area contributed by atoms with Crippen molar-refractivity contribution in [2.24, 2.45) is 5.92 Å². The Morgan fingerprint density at radius 1 is 1.31 bits per heavy atom. The first kappa shape index (κ1) is 7.74. The lowest BCUT2D eigenvalue weighted by molar-refractivity contribution is -0.133. The second-order valence-corrected chi connectivity index (χ2v) is 4.56. The van der Waals surface area contributed by atoms with Gasteiger partial charge in [0, 0.05) is 5.92 Å². The van der Waals surface area contributed by atoms with Gasteiger partial charge in [-0.2, -0.15) is 0 Å². The monoisotopic (exact) mass is 178 g/mol. The molecule has 3 aliphatic rings. The maximum absolute atomic E-state index is 11.9. The zero-order valence-corrected chi connectivity index (χ0v) is 7.68. The third kappa shape index (κ3) is 0.755. The van der Waals surface area contributed by atoms with E-state index >= 15 is 0 Å². The van der Waals surface area contributed by atoms with Gasteiger partial charge in [-0.05, 0) is 44.1 Å². The summed E-state index contributed by atoms with van der Waals surface area (Å²) in [7, 11) is 0. The number of Topliss-reactive ketones (excluding diaryl/α,β-unsaturated/α-hetero) is 1. The fraction of sp³-hybridized carbons (Fsp3) is 0.727. The minimum Gasteiger partial charge on any atom is -0.381 e. The third-order valence-corrected chi connectivity index (χ3v) is 3.98. The molecule has 2 atom stereocenters. The number of fused-ring (bicyclic) bond motifs is 2. The standard InChI is InChI=1S/C11H14O2/c12-10-8-4-1-3-7(8)9-5-2-6-11(9,10)13/h9,13H,1-6H2/t9-,11+/m0/s1. The highest BCUT2D eigenvalue weighted by Crippen LogP contribution is 2.53. The molecule has 2 nitrogen and oxygen atoms in total. The van der Waals surface area contributed by atoms with E-state index in [2.05, 4.69) is 0 Å². The van der Waals surface area contributed by atoms with Crippen molar-refractivity contribution >= 4 is 5.78 Å². The van der Waals surface area contributed by atoms with Crippen LogP contribution < -0.4 is 0 Å². The molecule has 1 N–H and O–H groups in total. The molecule has 1 saturated carbocycles. The third-order valence-electron chi connectivity index (χ3n) is 3.98. The molecule has 0 radical (unpaired) electrons. The van der Waals surface area contributed by atoms with Crippen LogP contribution in [-0.2, 0) is 4.79 Å². The van der Waals surface area contributed by atoms with Gasteiger partial charge in [0.1, 0.15) is 5.60 Å². The highest BCUT2D eigenvalue weighted by Gasteiger charge is 2.56. The second-order valence-electron chi connectivity index (χ2n) is 4.56. The molecule has 3 aliphatic carbocycles. The summed E-state index contributed by atoms with van der Waals surface area (Å²) in [4.78, 5) is 11.9. The first-order valence-corrected chi connectivity index (χ1v) is 5.22. The summed E-state index contributed by atoms with van der Waals surface area (Å²) in [6, 6.07) is 0. The zero-order valence-electron chi connectivity index (χ0n) is 7.68. The van der Waals surface area contributed by atoms with E-state index in [1.807, 2.05) is 0 Å². The van der Waals surface area contributed by atoms with Gasteiger partial charge < -0.3 is 5.11 Å². The predicted octanol–water partition coefficient (Wildman–Crippen LogP) is 1.58. The maximum Gasteiger partial charge on any atom is 0.190 e. The summed E-state index contributed by atoms with van der Waals surface area (Å²) in [5, 5.41) is 10.2. The minimum atomic E-state index is -0.953. The van der Waals surface area contributed by atoms with Gasteiger partial charge in [-0.25, -0.2) is 0 Å². The Balaban J connectivity index is 2.10. The van der Waals surface area contributed by atoms with Crippen molar-refractivity contribution in [1.29, 1.82) is 0 Å². The largest absolute Gasteiger partial charge is 0.381 e. The van der Waals surface area contributed by atoms with Crippen LogP contribution in [0.25, 0.3) is 0 Å². The number of hydrogen-bond acceptors (Lipinski definition) is 2. The molecule has 0 aromatic heterocycles. The molecule has 2 heteroatoms. The van der Waals surface area contributed by atoms with Crippen molar-refractivity contribution in [1.82, 2.24) is 0 Å². The Labute approximate surface area is 77.6 Å². The second kappa shape index (κ2) is 2.24. The fourth-order valence-corrected chi connectivity index (χ4v) is 3.40. The molecule has 0 unspecified atom stereocenters. The van der Waals surface area contributed by atoms with Gasteiger partial charge >= 0.3 is 0 Å². The van der Waals surface area contributed by atoms with Crippen molar-refractivity contribution < 1.29 is 9.90 Å². The van der Waals surface area contributed by atoms with E-state index in [1.54, 1.807) is 0 Å². The van der Waals surface area contributed by atoms with Gasteiger partial charge in [0.05, 0.1) is 0 Å². The Bertz CT molecular complexity index is 316. The first-order chi connectivity index (χ1) is 6.23. The van der Waals surface area contributed by atoms with Crippen LogP contribution in [0.2, 0.25) is 0 Å².